The van der Waals surface area contributed by atoms with Gasteiger partial charge < -0.3 is 4.74 Å². The number of benzene rings is 2. The number of amides is 2. The van der Waals surface area contributed by atoms with Gasteiger partial charge in [0.1, 0.15) is 0 Å². The maximum absolute atomic E-state index is 13.6. The SMILES string of the molecule is Cc1ccc(N2C(=O)/C(=C3/C(=O)N(CN4CCOCC4)c4ccccc43)SC2=S)c(C)c1. The third-order valence-corrected chi connectivity index (χ3v) is 7.33. The van der Waals surface area contributed by atoms with E-state index in [4.69, 9.17) is 17.0 Å². The van der Waals surface area contributed by atoms with Gasteiger partial charge in [-0.05, 0) is 31.5 Å². The molecule has 2 saturated heterocycles. The molecule has 5 rings (SSSR count). The van der Waals surface area contributed by atoms with Crippen LogP contribution in [-0.2, 0) is 14.3 Å². The van der Waals surface area contributed by atoms with Crippen LogP contribution >= 0.6 is 24.0 Å². The summed E-state index contributed by atoms with van der Waals surface area (Å²) in [6.45, 7) is 7.32. The van der Waals surface area contributed by atoms with Gasteiger partial charge in [0.25, 0.3) is 11.8 Å². The van der Waals surface area contributed by atoms with E-state index in [1.165, 1.54) is 11.8 Å². The van der Waals surface area contributed by atoms with Crippen LogP contribution in [0.2, 0.25) is 0 Å². The topological polar surface area (TPSA) is 53.1 Å². The first-order valence-corrected chi connectivity index (χ1v) is 11.8. The van der Waals surface area contributed by atoms with Crippen molar-refractivity contribution >= 4 is 57.1 Å². The van der Waals surface area contributed by atoms with Crippen LogP contribution < -0.4 is 9.80 Å². The van der Waals surface area contributed by atoms with Gasteiger partial charge in [-0.1, -0.05) is 59.9 Å². The summed E-state index contributed by atoms with van der Waals surface area (Å²) in [5.74, 6) is -0.392. The number of ether oxygens (including phenoxy) is 1. The lowest BCUT2D eigenvalue weighted by Crippen LogP contribution is -2.45. The van der Waals surface area contributed by atoms with Crippen molar-refractivity contribution < 1.29 is 14.3 Å². The van der Waals surface area contributed by atoms with Crippen molar-refractivity contribution in [2.24, 2.45) is 0 Å². The Balaban J connectivity index is 1.54. The van der Waals surface area contributed by atoms with Crippen LogP contribution in [0.5, 0.6) is 0 Å². The number of rotatable bonds is 3. The van der Waals surface area contributed by atoms with Gasteiger partial charge in [-0.25, -0.2) is 0 Å². The number of para-hydroxylation sites is 1. The molecule has 3 heterocycles. The first-order chi connectivity index (χ1) is 15.5. The van der Waals surface area contributed by atoms with Gasteiger partial charge in [-0.15, -0.1) is 0 Å². The highest BCUT2D eigenvalue weighted by molar-refractivity contribution is 8.27. The van der Waals surface area contributed by atoms with Crippen LogP contribution in [-0.4, -0.2) is 54.0 Å². The number of thioether (sulfide) groups is 1. The number of thiocarbonyl (C=S) groups is 1. The molecule has 0 spiro atoms. The summed E-state index contributed by atoms with van der Waals surface area (Å²) in [5, 5.41) is 0. The van der Waals surface area contributed by atoms with Crippen molar-refractivity contribution in [2.45, 2.75) is 13.8 Å². The van der Waals surface area contributed by atoms with E-state index in [9.17, 15) is 9.59 Å². The van der Waals surface area contributed by atoms with Crippen LogP contribution in [0.3, 0.4) is 0 Å². The number of nitrogens with zero attached hydrogens (tertiary/aromatic N) is 3. The Bertz CT molecular complexity index is 1170. The Kier molecular flexibility index (Phi) is 5.63. The zero-order chi connectivity index (χ0) is 22.4. The van der Waals surface area contributed by atoms with E-state index in [1.807, 2.05) is 56.3 Å². The summed E-state index contributed by atoms with van der Waals surface area (Å²) in [5.41, 5.74) is 4.91. The van der Waals surface area contributed by atoms with Gasteiger partial charge in [0.2, 0.25) is 0 Å². The largest absolute Gasteiger partial charge is 0.379 e. The smallest absolute Gasteiger partial charge is 0.271 e. The van der Waals surface area contributed by atoms with E-state index >= 15 is 0 Å². The van der Waals surface area contributed by atoms with Gasteiger partial charge >= 0.3 is 0 Å². The second-order valence-corrected chi connectivity index (χ2v) is 9.77. The molecular formula is C24H23N3O3S2. The molecule has 32 heavy (non-hydrogen) atoms. The van der Waals surface area contributed by atoms with Crippen LogP contribution in [0, 0.1) is 13.8 Å². The number of hydrogen-bond acceptors (Lipinski definition) is 6. The molecule has 2 fully saturated rings. The number of carbonyl (C=O) groups excluding carboxylic acids is 2. The second-order valence-electron chi connectivity index (χ2n) is 8.12. The number of morpholine rings is 1. The lowest BCUT2D eigenvalue weighted by atomic mass is 10.1. The molecule has 164 valence electrons. The molecule has 0 N–H and O–H groups in total. The molecule has 0 aliphatic carbocycles. The summed E-state index contributed by atoms with van der Waals surface area (Å²) in [6.07, 6.45) is 0. The van der Waals surface area contributed by atoms with Crippen LogP contribution in [0.25, 0.3) is 5.57 Å². The van der Waals surface area contributed by atoms with E-state index in [0.717, 1.165) is 41.2 Å². The predicted molar refractivity (Wildman–Crippen MR) is 132 cm³/mol. The molecule has 0 unspecified atom stereocenters. The molecule has 3 aliphatic rings. The molecule has 8 heteroatoms. The van der Waals surface area contributed by atoms with E-state index in [-0.39, 0.29) is 11.8 Å². The fraction of sp³-hybridized carbons (Fsp3) is 0.292. The summed E-state index contributed by atoms with van der Waals surface area (Å²) in [7, 11) is 0. The number of carbonyl (C=O) groups is 2. The molecular weight excluding hydrogens is 442 g/mol. The first-order valence-electron chi connectivity index (χ1n) is 10.5. The van der Waals surface area contributed by atoms with Crippen molar-refractivity contribution in [1.82, 2.24) is 4.90 Å². The summed E-state index contributed by atoms with van der Waals surface area (Å²) >= 11 is 6.80. The molecule has 3 aliphatic heterocycles. The quantitative estimate of drug-likeness (QED) is 0.509. The molecule has 2 amide bonds. The van der Waals surface area contributed by atoms with Crippen LogP contribution in [0.1, 0.15) is 16.7 Å². The molecule has 6 nitrogen and oxygen atoms in total. The first kappa shape index (κ1) is 21.3. The maximum Gasteiger partial charge on any atom is 0.271 e. The van der Waals surface area contributed by atoms with Crippen molar-refractivity contribution in [3.05, 3.63) is 64.1 Å². The molecule has 2 aromatic carbocycles. The average Bonchev–Trinajstić information content (AvgIpc) is 3.22. The molecule has 0 radical (unpaired) electrons. The minimum Gasteiger partial charge on any atom is -0.379 e. The fourth-order valence-corrected chi connectivity index (χ4v) is 5.72. The molecule has 0 aromatic heterocycles. The van der Waals surface area contributed by atoms with Crippen molar-refractivity contribution in [3.63, 3.8) is 0 Å². The molecule has 2 aromatic rings. The Labute approximate surface area is 196 Å². The van der Waals surface area contributed by atoms with Gasteiger partial charge in [0.05, 0.1) is 41.7 Å². The van der Waals surface area contributed by atoms with E-state index in [2.05, 4.69) is 4.90 Å². The number of hydrogen-bond donors (Lipinski definition) is 0. The lowest BCUT2D eigenvalue weighted by Gasteiger charge is -2.30. The van der Waals surface area contributed by atoms with Crippen molar-refractivity contribution in [1.29, 1.82) is 0 Å². The highest BCUT2D eigenvalue weighted by Crippen LogP contribution is 2.46. The van der Waals surface area contributed by atoms with Crippen LogP contribution in [0.15, 0.2) is 47.4 Å². The number of fused-ring (bicyclic) bond motifs is 1. The third kappa shape index (κ3) is 3.57. The van der Waals surface area contributed by atoms with E-state index in [1.54, 1.807) is 9.80 Å². The van der Waals surface area contributed by atoms with E-state index < -0.39 is 0 Å². The zero-order valence-corrected chi connectivity index (χ0v) is 19.6. The van der Waals surface area contributed by atoms with Gasteiger partial charge in [-0.3, -0.25) is 24.3 Å². The van der Waals surface area contributed by atoms with Crippen molar-refractivity contribution in [3.8, 4) is 0 Å². The standard InChI is InChI=1S/C24H23N3O3S2/c1-15-7-8-18(16(2)13-15)27-23(29)21(32-24(27)31)20-17-5-3-4-6-19(17)26(22(20)28)14-25-9-11-30-12-10-25/h3-8,13H,9-12,14H2,1-2H3/b21-20-. The Morgan fingerprint density at radius 2 is 1.75 bits per heavy atom. The predicted octanol–water partition coefficient (Wildman–Crippen LogP) is 3.72. The zero-order valence-electron chi connectivity index (χ0n) is 18.0. The Morgan fingerprint density at radius 1 is 1.00 bits per heavy atom. The maximum atomic E-state index is 13.6. The van der Waals surface area contributed by atoms with Gasteiger partial charge in [0, 0.05) is 18.7 Å². The number of anilines is 2. The molecule has 0 saturated carbocycles. The van der Waals surface area contributed by atoms with Crippen molar-refractivity contribution in [2.75, 3.05) is 42.8 Å². The Hall–Kier alpha value is -2.52. The Morgan fingerprint density at radius 3 is 2.50 bits per heavy atom. The average molecular weight is 466 g/mol. The highest BCUT2D eigenvalue weighted by atomic mass is 32.2. The third-order valence-electron chi connectivity index (χ3n) is 5.96. The monoisotopic (exact) mass is 465 g/mol. The minimum absolute atomic E-state index is 0.154. The lowest BCUT2D eigenvalue weighted by molar-refractivity contribution is -0.115. The number of aryl methyl sites for hydroxylation is 2. The van der Waals surface area contributed by atoms with Gasteiger partial charge in [0.15, 0.2) is 4.32 Å². The van der Waals surface area contributed by atoms with Crippen LogP contribution in [0.4, 0.5) is 11.4 Å². The highest BCUT2D eigenvalue weighted by Gasteiger charge is 2.43. The minimum atomic E-state index is -0.238. The second kappa shape index (κ2) is 8.44. The summed E-state index contributed by atoms with van der Waals surface area (Å²) in [4.78, 5) is 33.1. The normalized spacial score (nSPS) is 21.6. The summed E-state index contributed by atoms with van der Waals surface area (Å²) in [6, 6.07) is 13.6. The van der Waals surface area contributed by atoms with E-state index in [0.29, 0.717) is 34.7 Å². The molecule has 0 bridgehead atoms. The van der Waals surface area contributed by atoms with Gasteiger partial charge in [-0.2, -0.15) is 0 Å². The fourth-order valence-electron chi connectivity index (χ4n) is 4.37. The molecule has 0 atom stereocenters. The summed E-state index contributed by atoms with van der Waals surface area (Å²) < 4.78 is 5.88.